The first-order valence-corrected chi connectivity index (χ1v) is 12.5. The first kappa shape index (κ1) is 23.0. The predicted molar refractivity (Wildman–Crippen MR) is 143 cm³/mol. The number of non-ortho nitro benzene ring substituents is 1. The van der Waals surface area contributed by atoms with Crippen molar-refractivity contribution in [3.05, 3.63) is 105 Å². The fourth-order valence-electron chi connectivity index (χ4n) is 6.20. The largest absolute Gasteiger partial charge is 0.481 e. The summed E-state index contributed by atoms with van der Waals surface area (Å²) in [6.45, 7) is 0.315. The lowest BCUT2D eigenvalue weighted by Crippen LogP contribution is -2.35. The number of carboxylic acids is 1. The third-order valence-electron chi connectivity index (χ3n) is 7.88. The maximum Gasteiger partial charge on any atom is 0.307 e. The summed E-state index contributed by atoms with van der Waals surface area (Å²) >= 11 is 0. The van der Waals surface area contributed by atoms with Gasteiger partial charge in [0.1, 0.15) is 5.82 Å². The van der Waals surface area contributed by atoms with Crippen LogP contribution in [0.25, 0.3) is 21.8 Å². The maximum atomic E-state index is 13.1. The van der Waals surface area contributed by atoms with Gasteiger partial charge in [-0.15, -0.1) is 0 Å². The monoisotopic (exact) mass is 519 g/mol. The van der Waals surface area contributed by atoms with Crippen LogP contribution in [-0.2, 0) is 40.8 Å². The van der Waals surface area contributed by atoms with E-state index in [1.54, 1.807) is 24.5 Å². The molecule has 1 atom stereocenters. The SMILES string of the molecule is O=C(O)Cc1cn(Cc2ccc3cc4c(cc3n2)C[C@]2(C4)C(=O)Nc3ncccc32)c2cccc([N+](=O)[O-])c12. The summed E-state index contributed by atoms with van der Waals surface area (Å²) in [5.74, 6) is -0.463. The van der Waals surface area contributed by atoms with Gasteiger partial charge in [0.25, 0.3) is 5.69 Å². The number of carbonyl (C=O) groups excluding carboxylic acids is 1. The number of nitrogens with zero attached hydrogens (tertiary/aromatic N) is 4. The number of aromatic nitrogens is 3. The second-order valence-electron chi connectivity index (χ2n) is 10.2. The van der Waals surface area contributed by atoms with Crippen LogP contribution in [-0.4, -0.2) is 36.4 Å². The molecule has 0 saturated carbocycles. The standard InChI is InChI=1S/C29H21N5O5/c35-25(36)11-19-14-33(23-4-1-5-24(26(19)23)34(38)39)15-20-7-6-16-9-17-12-29(13-18(17)10-22(16)31-20)21-3-2-8-30-27(21)32-28(29)37/h1-10,14H,11-13,15H2,(H,35,36)(H,30,32,37)/t29-/m0/s1. The van der Waals surface area contributed by atoms with Gasteiger partial charge in [-0.25, -0.2) is 4.98 Å². The molecule has 0 radical (unpaired) electrons. The van der Waals surface area contributed by atoms with Crippen LogP contribution in [0, 0.1) is 10.1 Å². The Morgan fingerprint density at radius 3 is 2.74 bits per heavy atom. The third kappa shape index (κ3) is 3.48. The Labute approximate surface area is 221 Å². The molecule has 10 nitrogen and oxygen atoms in total. The van der Waals surface area contributed by atoms with E-state index in [9.17, 15) is 24.8 Å². The van der Waals surface area contributed by atoms with Gasteiger partial charge in [-0.05, 0) is 59.9 Å². The van der Waals surface area contributed by atoms with Crippen LogP contribution in [0.15, 0.2) is 67.0 Å². The summed E-state index contributed by atoms with van der Waals surface area (Å²) in [7, 11) is 0. The summed E-state index contributed by atoms with van der Waals surface area (Å²) in [6.07, 6.45) is 4.19. The normalized spacial score (nSPS) is 17.5. The van der Waals surface area contributed by atoms with Crippen molar-refractivity contribution >= 4 is 45.2 Å². The fraction of sp³-hybridized carbons (Fsp3) is 0.172. The smallest absolute Gasteiger partial charge is 0.307 e. The quantitative estimate of drug-likeness (QED) is 0.262. The van der Waals surface area contributed by atoms with Crippen molar-refractivity contribution in [2.75, 3.05) is 5.32 Å². The molecule has 0 saturated heterocycles. The molecular formula is C29H21N5O5. The molecule has 7 rings (SSSR count). The van der Waals surface area contributed by atoms with Gasteiger partial charge in [0.05, 0.1) is 45.4 Å². The maximum absolute atomic E-state index is 13.1. The minimum atomic E-state index is -1.06. The zero-order valence-electron chi connectivity index (χ0n) is 20.5. The number of aliphatic carboxylic acids is 1. The van der Waals surface area contributed by atoms with Crippen LogP contribution in [0.4, 0.5) is 11.5 Å². The van der Waals surface area contributed by atoms with Crippen LogP contribution in [0.3, 0.4) is 0 Å². The Morgan fingerprint density at radius 2 is 1.95 bits per heavy atom. The second kappa shape index (κ2) is 8.19. The van der Waals surface area contributed by atoms with Gasteiger partial charge in [-0.3, -0.25) is 24.7 Å². The average molecular weight is 520 g/mol. The number of hydrogen-bond acceptors (Lipinski definition) is 6. The third-order valence-corrected chi connectivity index (χ3v) is 7.88. The summed E-state index contributed by atoms with van der Waals surface area (Å²) in [4.78, 5) is 44.9. The van der Waals surface area contributed by atoms with Gasteiger partial charge in [0.15, 0.2) is 0 Å². The van der Waals surface area contributed by atoms with Gasteiger partial charge >= 0.3 is 5.97 Å². The lowest BCUT2D eigenvalue weighted by molar-refractivity contribution is -0.383. The Balaban J connectivity index is 1.26. The number of pyridine rings is 2. The average Bonchev–Trinajstić information content (AvgIpc) is 3.54. The van der Waals surface area contributed by atoms with Crippen LogP contribution in [0.5, 0.6) is 0 Å². The molecule has 3 aromatic heterocycles. The number of benzene rings is 2. The van der Waals surface area contributed by atoms with E-state index in [1.165, 1.54) is 6.07 Å². The molecule has 192 valence electrons. The zero-order valence-corrected chi connectivity index (χ0v) is 20.5. The minimum absolute atomic E-state index is 0.0316. The number of anilines is 1. The van der Waals surface area contributed by atoms with E-state index >= 15 is 0 Å². The van der Waals surface area contributed by atoms with Gasteiger partial charge in [-0.1, -0.05) is 18.2 Å². The lowest BCUT2D eigenvalue weighted by atomic mass is 9.79. The Kier molecular flexibility index (Phi) is 4.84. The van der Waals surface area contributed by atoms with Crippen molar-refractivity contribution in [3.63, 3.8) is 0 Å². The number of fused-ring (bicyclic) bond motifs is 5. The molecule has 1 aliphatic carbocycles. The van der Waals surface area contributed by atoms with Crippen LogP contribution >= 0.6 is 0 Å². The van der Waals surface area contributed by atoms with Crippen molar-refractivity contribution in [1.29, 1.82) is 0 Å². The number of rotatable bonds is 5. The van der Waals surface area contributed by atoms with Gasteiger partial charge < -0.3 is 15.0 Å². The number of nitrogens with one attached hydrogen (secondary N) is 1. The van der Waals surface area contributed by atoms with E-state index < -0.39 is 16.3 Å². The van der Waals surface area contributed by atoms with Crippen LogP contribution in [0.2, 0.25) is 0 Å². The summed E-state index contributed by atoms with van der Waals surface area (Å²) in [5.41, 5.74) is 4.83. The summed E-state index contributed by atoms with van der Waals surface area (Å²) < 4.78 is 1.81. The Morgan fingerprint density at radius 1 is 1.13 bits per heavy atom. The number of nitro groups is 1. The zero-order chi connectivity index (χ0) is 26.9. The Hall–Kier alpha value is -5.12. The Bertz CT molecular complexity index is 1890. The van der Waals surface area contributed by atoms with E-state index in [-0.39, 0.29) is 18.0 Å². The molecule has 2 aliphatic rings. The van der Waals surface area contributed by atoms with E-state index in [0.29, 0.717) is 41.7 Å². The molecule has 0 unspecified atom stereocenters. The number of nitro benzene ring substituents is 1. The minimum Gasteiger partial charge on any atom is -0.481 e. The number of carboxylic acid groups (broad SMARTS) is 1. The van der Waals surface area contributed by atoms with Gasteiger partial charge in [0, 0.05) is 29.4 Å². The molecule has 2 N–H and O–H groups in total. The number of carbonyl (C=O) groups is 2. The molecular weight excluding hydrogens is 498 g/mol. The molecule has 0 bridgehead atoms. The molecule has 1 amide bonds. The highest BCUT2D eigenvalue weighted by Crippen LogP contribution is 2.47. The molecule has 0 fully saturated rings. The van der Waals surface area contributed by atoms with Crippen LogP contribution < -0.4 is 5.32 Å². The number of hydrogen-bond donors (Lipinski definition) is 2. The fourth-order valence-corrected chi connectivity index (χ4v) is 6.20. The van der Waals surface area contributed by atoms with E-state index in [2.05, 4.69) is 16.4 Å². The van der Waals surface area contributed by atoms with Crippen LogP contribution in [0.1, 0.15) is 27.9 Å². The molecule has 39 heavy (non-hydrogen) atoms. The highest BCUT2D eigenvalue weighted by atomic mass is 16.6. The van der Waals surface area contributed by atoms with Crippen molar-refractivity contribution in [2.24, 2.45) is 0 Å². The highest BCUT2D eigenvalue weighted by Gasteiger charge is 2.51. The summed E-state index contributed by atoms with van der Waals surface area (Å²) in [5, 5.41) is 25.3. The van der Waals surface area contributed by atoms with E-state index in [0.717, 1.165) is 33.3 Å². The molecule has 1 aliphatic heterocycles. The van der Waals surface area contributed by atoms with Gasteiger partial charge in [-0.2, -0.15) is 0 Å². The molecule has 1 spiro atoms. The first-order valence-electron chi connectivity index (χ1n) is 12.5. The predicted octanol–water partition coefficient (Wildman–Crippen LogP) is 4.16. The lowest BCUT2D eigenvalue weighted by Gasteiger charge is -2.20. The van der Waals surface area contributed by atoms with Gasteiger partial charge in [0.2, 0.25) is 5.91 Å². The first-order chi connectivity index (χ1) is 18.8. The van der Waals surface area contributed by atoms with Crippen molar-refractivity contribution in [3.8, 4) is 0 Å². The topological polar surface area (TPSA) is 140 Å². The molecule has 10 heteroatoms. The molecule has 5 aromatic rings. The van der Waals surface area contributed by atoms with Crippen molar-refractivity contribution < 1.29 is 19.6 Å². The highest BCUT2D eigenvalue weighted by molar-refractivity contribution is 6.06. The number of amides is 1. The van der Waals surface area contributed by atoms with Crippen molar-refractivity contribution in [2.45, 2.75) is 31.2 Å². The molecule has 2 aromatic carbocycles. The summed E-state index contributed by atoms with van der Waals surface area (Å²) in [6, 6.07) is 16.6. The van der Waals surface area contributed by atoms with Crippen molar-refractivity contribution in [1.82, 2.24) is 14.5 Å². The van der Waals surface area contributed by atoms with E-state index in [4.69, 9.17) is 4.98 Å². The second-order valence-corrected chi connectivity index (χ2v) is 10.2. The molecule has 4 heterocycles. The van der Waals surface area contributed by atoms with E-state index in [1.807, 2.05) is 34.9 Å².